The molecule has 0 spiro atoms. The molecule has 0 amide bonds. The molecule has 0 unspecified atom stereocenters. The van der Waals surface area contributed by atoms with Crippen LogP contribution in [0.2, 0.25) is 0 Å². The minimum absolute atomic E-state index is 0.296. The molecule has 0 N–H and O–H groups in total. The molecule has 0 aliphatic carbocycles. The van der Waals surface area contributed by atoms with Gasteiger partial charge in [0.05, 0.1) is 0 Å². The van der Waals surface area contributed by atoms with Crippen molar-refractivity contribution in [2.45, 2.75) is 35.5 Å². The molecule has 0 saturated carbocycles. The summed E-state index contributed by atoms with van der Waals surface area (Å²) in [6.07, 6.45) is 0. The van der Waals surface area contributed by atoms with Crippen LogP contribution in [-0.2, 0) is 36.8 Å². The summed E-state index contributed by atoms with van der Waals surface area (Å²) in [6, 6.07) is 16.6. The van der Waals surface area contributed by atoms with Gasteiger partial charge in [0.2, 0.25) is 0 Å². The molecule has 0 heterocycles. The Balaban J connectivity index is 1.97. The molecule has 3 rings (SSSR count). The molecule has 0 fully saturated rings. The van der Waals surface area contributed by atoms with Gasteiger partial charge in [0.25, 0.3) is 0 Å². The van der Waals surface area contributed by atoms with E-state index >= 15 is 0 Å². The number of aryl methyl sites for hydroxylation is 3. The van der Waals surface area contributed by atoms with Crippen LogP contribution in [0.15, 0.2) is 87.5 Å². The first-order valence-corrected chi connectivity index (χ1v) is 19.5. The Morgan fingerprint density at radius 3 is 0.853 bits per heavy atom. The van der Waals surface area contributed by atoms with E-state index in [0.717, 1.165) is 16.7 Å². The number of hydrogen-bond donors (Lipinski definition) is 0. The summed E-state index contributed by atoms with van der Waals surface area (Å²) in [6.45, 7) is 5.23. The molecule has 0 radical (unpaired) electrons. The van der Waals surface area contributed by atoms with E-state index in [1.165, 1.54) is 72.8 Å². The number of rotatable bonds is 9. The van der Waals surface area contributed by atoms with Crippen molar-refractivity contribution in [2.24, 2.45) is 0 Å². The van der Waals surface area contributed by atoms with Gasteiger partial charge in [0.1, 0.15) is 0 Å². The van der Waals surface area contributed by atoms with Crippen molar-refractivity contribution in [3.8, 4) is 0 Å². The van der Waals surface area contributed by atoms with Crippen molar-refractivity contribution in [2.75, 3.05) is 0 Å². The normalized spacial score (nSPS) is 12.4. The van der Waals surface area contributed by atoms with Gasteiger partial charge in [-0.3, -0.25) is 0 Å². The zero-order chi connectivity index (χ0) is 25.1. The van der Waals surface area contributed by atoms with Crippen molar-refractivity contribution in [1.29, 1.82) is 0 Å². The van der Waals surface area contributed by atoms with Gasteiger partial charge in [-0.15, -0.1) is 0 Å². The Kier molecular flexibility index (Phi) is 8.32. The molecule has 0 saturated heterocycles. The third-order valence-electron chi connectivity index (χ3n) is 4.54. The molecule has 0 aliphatic heterocycles. The molecule has 13 heteroatoms. The fourth-order valence-electron chi connectivity index (χ4n) is 2.64. The summed E-state index contributed by atoms with van der Waals surface area (Å²) >= 11 is -5.47. The topological polar surface area (TPSA) is 130 Å². The second-order valence-corrected chi connectivity index (χ2v) is 21.1. The zero-order valence-electron chi connectivity index (χ0n) is 18.4. The number of hydrogen-bond acceptors (Lipinski definition) is 9. The molecule has 0 bridgehead atoms. The molecule has 34 heavy (non-hydrogen) atoms. The van der Waals surface area contributed by atoms with E-state index < -0.39 is 54.4 Å². The van der Waals surface area contributed by atoms with E-state index in [9.17, 15) is 25.3 Å². The van der Waals surface area contributed by atoms with E-state index in [1.807, 2.05) is 0 Å². The van der Waals surface area contributed by atoms with Crippen molar-refractivity contribution < 1.29 is 31.7 Å². The first-order chi connectivity index (χ1) is 15.8. The summed E-state index contributed by atoms with van der Waals surface area (Å²) in [5, 5.41) is 0. The fraction of sp³-hybridized carbons (Fsp3) is 0.143. The Morgan fingerprint density at radius 2 is 0.647 bits per heavy atom. The van der Waals surface area contributed by atoms with Crippen LogP contribution in [0.1, 0.15) is 16.7 Å². The first-order valence-electron chi connectivity index (χ1n) is 9.78. The standard InChI is InChI=1S/3C7H8O3S.Tl/c3*1-6-2-4-7(5-3-6)11(8,9)10;/h3*2-5H,1H3,(H,8,9,10);/q;;;+3/p-3. The molecule has 3 aromatic carbocycles. The molecule has 180 valence electrons. The molecule has 0 atom stereocenters. The van der Waals surface area contributed by atoms with Crippen molar-refractivity contribution in [3.63, 3.8) is 0 Å². The predicted octanol–water partition coefficient (Wildman–Crippen LogP) is 3.11. The zero-order valence-corrected chi connectivity index (χ0v) is 25.3. The maximum absolute atomic E-state index is 12.8. The van der Waals surface area contributed by atoms with Crippen LogP contribution in [0.4, 0.5) is 0 Å². The maximum atomic E-state index is 12.8. The molecular formula is C21H21O9S3Tl. The molecule has 9 nitrogen and oxygen atoms in total. The third kappa shape index (κ3) is 6.93. The quantitative estimate of drug-likeness (QED) is 0.307. The Labute approximate surface area is 209 Å². The van der Waals surface area contributed by atoms with Crippen LogP contribution in [0, 0.1) is 20.8 Å². The second-order valence-electron chi connectivity index (χ2n) is 7.38. The Morgan fingerprint density at radius 1 is 0.441 bits per heavy atom. The minimum atomic E-state index is -5.47. The van der Waals surface area contributed by atoms with Crippen LogP contribution in [0.3, 0.4) is 0 Å². The van der Waals surface area contributed by atoms with Gasteiger partial charge < -0.3 is 0 Å². The van der Waals surface area contributed by atoms with E-state index in [4.69, 9.17) is 6.40 Å². The summed E-state index contributed by atoms with van der Waals surface area (Å²) in [5.41, 5.74) is 2.32. The first kappa shape index (κ1) is 26.9. The summed E-state index contributed by atoms with van der Waals surface area (Å²) < 4.78 is 91.7. The van der Waals surface area contributed by atoms with Gasteiger partial charge in [0.15, 0.2) is 0 Å². The van der Waals surface area contributed by atoms with Crippen molar-refractivity contribution >= 4 is 54.4 Å². The van der Waals surface area contributed by atoms with Crippen LogP contribution in [0.25, 0.3) is 0 Å². The van der Waals surface area contributed by atoms with Gasteiger partial charge in [-0.05, 0) is 0 Å². The summed E-state index contributed by atoms with van der Waals surface area (Å²) in [7, 11) is -13.7. The third-order valence-corrected chi connectivity index (χ3v) is 22.7. The van der Waals surface area contributed by atoms with Crippen LogP contribution in [-0.4, -0.2) is 49.3 Å². The average molecular weight is 718 g/mol. The van der Waals surface area contributed by atoms with E-state index in [1.54, 1.807) is 20.8 Å². The Bertz CT molecular complexity index is 1280. The van der Waals surface area contributed by atoms with E-state index in [0.29, 0.717) is 0 Å². The van der Waals surface area contributed by atoms with Gasteiger partial charge in [-0.1, -0.05) is 0 Å². The SMILES string of the molecule is Cc1ccc(S(=O)(=O)[O][Tl]([O]S(=O)(=O)c2ccc(C)cc2)[O]S(=O)(=O)c2ccc(C)cc2)cc1. The molecule has 0 aliphatic rings. The number of benzene rings is 3. The van der Waals surface area contributed by atoms with Crippen LogP contribution < -0.4 is 0 Å². The Hall–Kier alpha value is -1.69. The molecule has 0 aromatic heterocycles. The summed E-state index contributed by atoms with van der Waals surface area (Å²) in [5.74, 6) is 0. The van der Waals surface area contributed by atoms with E-state index in [2.05, 4.69) is 0 Å². The van der Waals surface area contributed by atoms with Gasteiger partial charge in [0, 0.05) is 0 Å². The van der Waals surface area contributed by atoms with E-state index in [-0.39, 0.29) is 14.7 Å². The molecular weight excluding hydrogens is 697 g/mol. The van der Waals surface area contributed by atoms with Gasteiger partial charge >= 0.3 is 211 Å². The average Bonchev–Trinajstić information content (AvgIpc) is 2.73. The van der Waals surface area contributed by atoms with Crippen molar-refractivity contribution in [1.82, 2.24) is 0 Å². The fourth-order valence-corrected chi connectivity index (χ4v) is 19.9. The van der Waals surface area contributed by atoms with Crippen LogP contribution >= 0.6 is 0 Å². The molecule has 3 aromatic rings. The predicted molar refractivity (Wildman–Crippen MR) is 124 cm³/mol. The van der Waals surface area contributed by atoms with Crippen molar-refractivity contribution in [3.05, 3.63) is 89.5 Å². The second kappa shape index (κ2) is 10.5. The van der Waals surface area contributed by atoms with Crippen LogP contribution in [0.5, 0.6) is 0 Å². The van der Waals surface area contributed by atoms with Gasteiger partial charge in [-0.2, -0.15) is 0 Å². The monoisotopic (exact) mass is 718 g/mol. The summed E-state index contributed by atoms with van der Waals surface area (Å²) in [4.78, 5) is -0.887. The van der Waals surface area contributed by atoms with Gasteiger partial charge in [-0.25, -0.2) is 0 Å².